The van der Waals surface area contributed by atoms with Crippen molar-refractivity contribution in [2.75, 3.05) is 13.1 Å². The van der Waals surface area contributed by atoms with Gasteiger partial charge in [-0.3, -0.25) is 0 Å². The molecule has 0 heterocycles. The van der Waals surface area contributed by atoms with Gasteiger partial charge in [-0.2, -0.15) is 0 Å². The number of rotatable bonds is 6. The summed E-state index contributed by atoms with van der Waals surface area (Å²) >= 11 is 0. The summed E-state index contributed by atoms with van der Waals surface area (Å²) in [6.45, 7) is 3.60. The lowest BCUT2D eigenvalue weighted by Crippen LogP contribution is -2.23. The van der Waals surface area contributed by atoms with Gasteiger partial charge in [0.25, 0.3) is 0 Å². The molecule has 106 valence electrons. The van der Waals surface area contributed by atoms with Crippen LogP contribution in [0.25, 0.3) is 0 Å². The molecular formula is C17H20FNO. The number of phenols is 1. The van der Waals surface area contributed by atoms with Gasteiger partial charge in [0.1, 0.15) is 11.6 Å². The number of hydrogen-bond acceptors (Lipinski definition) is 2. The Bertz CT molecular complexity index is 556. The summed E-state index contributed by atoms with van der Waals surface area (Å²) in [5, 5.41) is 12.8. The normalized spacial score (nSPS) is 12.3. The lowest BCUT2D eigenvalue weighted by atomic mass is 9.91. The Morgan fingerprint density at radius 1 is 1.15 bits per heavy atom. The second kappa shape index (κ2) is 7.06. The molecule has 0 spiro atoms. The lowest BCUT2D eigenvalue weighted by Gasteiger charge is -2.18. The molecule has 2 N–H and O–H groups in total. The van der Waals surface area contributed by atoms with Crippen molar-refractivity contribution in [1.29, 1.82) is 0 Å². The quantitative estimate of drug-likeness (QED) is 0.844. The van der Waals surface area contributed by atoms with Crippen LogP contribution in [0, 0.1) is 5.82 Å². The minimum atomic E-state index is -0.171. The number of hydrogen-bond donors (Lipinski definition) is 2. The fourth-order valence-corrected chi connectivity index (χ4v) is 2.38. The molecule has 2 aromatic carbocycles. The van der Waals surface area contributed by atoms with E-state index in [0.29, 0.717) is 13.0 Å². The van der Waals surface area contributed by atoms with Crippen molar-refractivity contribution < 1.29 is 9.50 Å². The molecule has 0 saturated carbocycles. The summed E-state index contributed by atoms with van der Waals surface area (Å²) in [5.74, 6) is 0.131. The highest BCUT2D eigenvalue weighted by molar-refractivity contribution is 5.30. The number of likely N-dealkylation sites (N-methyl/N-ethyl adjacent to an activating group) is 1. The van der Waals surface area contributed by atoms with Gasteiger partial charge >= 0.3 is 0 Å². The van der Waals surface area contributed by atoms with Gasteiger partial charge < -0.3 is 10.4 Å². The molecule has 0 fully saturated rings. The highest BCUT2D eigenvalue weighted by Crippen LogP contribution is 2.24. The second-order valence-electron chi connectivity index (χ2n) is 4.90. The molecule has 20 heavy (non-hydrogen) atoms. The molecule has 0 aliphatic heterocycles. The van der Waals surface area contributed by atoms with Crippen molar-refractivity contribution >= 4 is 0 Å². The van der Waals surface area contributed by atoms with Crippen LogP contribution in [0.15, 0.2) is 48.5 Å². The average molecular weight is 273 g/mol. The molecule has 2 nitrogen and oxygen atoms in total. The average Bonchev–Trinajstić information content (AvgIpc) is 2.44. The Balaban J connectivity index is 2.22. The summed E-state index contributed by atoms with van der Waals surface area (Å²) in [6.07, 6.45) is 0.697. The number of aromatic hydroxyl groups is 1. The summed E-state index contributed by atoms with van der Waals surface area (Å²) < 4.78 is 14.0. The molecule has 0 bridgehead atoms. The molecule has 3 heteroatoms. The van der Waals surface area contributed by atoms with Crippen molar-refractivity contribution in [2.24, 2.45) is 0 Å². The molecule has 0 aliphatic rings. The van der Waals surface area contributed by atoms with Crippen LogP contribution in [-0.2, 0) is 6.42 Å². The maximum Gasteiger partial charge on any atom is 0.126 e. The molecule has 0 saturated heterocycles. The summed E-state index contributed by atoms with van der Waals surface area (Å²) in [4.78, 5) is 0. The van der Waals surface area contributed by atoms with Crippen LogP contribution < -0.4 is 5.32 Å². The van der Waals surface area contributed by atoms with Crippen LogP contribution >= 0.6 is 0 Å². The number of nitrogens with one attached hydrogen (secondary N) is 1. The molecule has 0 radical (unpaired) electrons. The Hall–Kier alpha value is -1.87. The fourth-order valence-electron chi connectivity index (χ4n) is 2.38. The van der Waals surface area contributed by atoms with Crippen LogP contribution in [0.1, 0.15) is 24.0 Å². The molecule has 2 rings (SSSR count). The van der Waals surface area contributed by atoms with Crippen molar-refractivity contribution in [3.63, 3.8) is 0 Å². The molecule has 2 aromatic rings. The number of phenolic OH excluding ortho intramolecular Hbond substituents is 1. The first-order valence-corrected chi connectivity index (χ1v) is 6.93. The topological polar surface area (TPSA) is 32.3 Å². The minimum Gasteiger partial charge on any atom is -0.508 e. The summed E-state index contributed by atoms with van der Waals surface area (Å²) in [7, 11) is 0. The monoisotopic (exact) mass is 273 g/mol. The van der Waals surface area contributed by atoms with Gasteiger partial charge in [-0.15, -0.1) is 0 Å². The molecule has 1 atom stereocenters. The van der Waals surface area contributed by atoms with Crippen LogP contribution in [0.3, 0.4) is 0 Å². The van der Waals surface area contributed by atoms with Crippen molar-refractivity contribution in [3.05, 3.63) is 65.5 Å². The molecule has 0 amide bonds. The van der Waals surface area contributed by atoms with Gasteiger partial charge in [-0.25, -0.2) is 4.39 Å². The van der Waals surface area contributed by atoms with Crippen LogP contribution in [0.5, 0.6) is 5.75 Å². The first-order chi connectivity index (χ1) is 9.70. The molecular weight excluding hydrogens is 253 g/mol. The van der Waals surface area contributed by atoms with Crippen LogP contribution in [0.2, 0.25) is 0 Å². The molecule has 0 aromatic heterocycles. The fraction of sp³-hybridized carbons (Fsp3) is 0.294. The number of benzene rings is 2. The smallest absolute Gasteiger partial charge is 0.126 e. The van der Waals surface area contributed by atoms with Gasteiger partial charge in [-0.1, -0.05) is 37.3 Å². The van der Waals surface area contributed by atoms with E-state index in [4.69, 9.17) is 0 Å². The van der Waals surface area contributed by atoms with Gasteiger partial charge in [0.05, 0.1) is 0 Å². The standard InChI is InChI=1S/C17H20FNO/c1-2-19-12-14(16-8-3-4-9-17(16)18)10-13-6-5-7-15(20)11-13/h3-9,11,14,19-20H,2,10,12H2,1H3. The third-order valence-corrected chi connectivity index (χ3v) is 3.38. The second-order valence-corrected chi connectivity index (χ2v) is 4.90. The highest BCUT2D eigenvalue weighted by Gasteiger charge is 2.15. The van der Waals surface area contributed by atoms with E-state index in [-0.39, 0.29) is 17.5 Å². The third kappa shape index (κ3) is 3.81. The Morgan fingerprint density at radius 2 is 1.95 bits per heavy atom. The van der Waals surface area contributed by atoms with Crippen LogP contribution in [0.4, 0.5) is 4.39 Å². The van der Waals surface area contributed by atoms with E-state index < -0.39 is 0 Å². The number of halogens is 1. The van der Waals surface area contributed by atoms with E-state index in [9.17, 15) is 9.50 Å². The summed E-state index contributed by atoms with van der Waals surface area (Å²) in [5.41, 5.74) is 1.73. The van der Waals surface area contributed by atoms with Crippen molar-refractivity contribution in [2.45, 2.75) is 19.3 Å². The Labute approximate surface area is 119 Å². The van der Waals surface area contributed by atoms with Gasteiger partial charge in [0, 0.05) is 12.5 Å². The molecule has 1 unspecified atom stereocenters. The van der Waals surface area contributed by atoms with E-state index in [0.717, 1.165) is 17.7 Å². The molecule has 0 aliphatic carbocycles. The largest absolute Gasteiger partial charge is 0.508 e. The SMILES string of the molecule is CCNCC(Cc1cccc(O)c1)c1ccccc1F. The Morgan fingerprint density at radius 3 is 2.65 bits per heavy atom. The predicted octanol–water partition coefficient (Wildman–Crippen LogP) is 3.47. The third-order valence-electron chi connectivity index (χ3n) is 3.38. The summed E-state index contributed by atoms with van der Waals surface area (Å²) in [6, 6.07) is 14.1. The maximum atomic E-state index is 14.0. The van der Waals surface area contributed by atoms with Crippen LogP contribution in [-0.4, -0.2) is 18.2 Å². The van der Waals surface area contributed by atoms with Gasteiger partial charge in [0.15, 0.2) is 0 Å². The first-order valence-electron chi connectivity index (χ1n) is 6.93. The minimum absolute atomic E-state index is 0.0537. The van der Waals surface area contributed by atoms with E-state index >= 15 is 0 Å². The highest BCUT2D eigenvalue weighted by atomic mass is 19.1. The lowest BCUT2D eigenvalue weighted by molar-refractivity contribution is 0.473. The van der Waals surface area contributed by atoms with Gasteiger partial charge in [-0.05, 0) is 42.3 Å². The maximum absolute atomic E-state index is 14.0. The van der Waals surface area contributed by atoms with Crippen molar-refractivity contribution in [1.82, 2.24) is 5.32 Å². The zero-order valence-corrected chi connectivity index (χ0v) is 11.6. The zero-order valence-electron chi connectivity index (χ0n) is 11.6. The van der Waals surface area contributed by atoms with Crippen molar-refractivity contribution in [3.8, 4) is 5.75 Å². The first kappa shape index (κ1) is 14.5. The Kier molecular flexibility index (Phi) is 5.13. The van der Waals surface area contributed by atoms with Gasteiger partial charge in [0.2, 0.25) is 0 Å². The van der Waals surface area contributed by atoms with E-state index in [1.54, 1.807) is 18.2 Å². The van der Waals surface area contributed by atoms with E-state index in [1.807, 2.05) is 31.2 Å². The zero-order chi connectivity index (χ0) is 14.4. The predicted molar refractivity (Wildman–Crippen MR) is 79.5 cm³/mol. The van der Waals surface area contributed by atoms with E-state index in [2.05, 4.69) is 5.32 Å². The van der Waals surface area contributed by atoms with E-state index in [1.165, 1.54) is 6.07 Å².